The minimum Gasteiger partial charge on any atom is -0.397 e. The van der Waals surface area contributed by atoms with E-state index in [1.54, 1.807) is 12.1 Å². The standard InChI is InChI=1S/C11H9Cl2NOS/c1-7(15)16-6-2-3-8-4-5-9(14)11(13)10(8)12/h4-5H,6,14H2,1H3. The summed E-state index contributed by atoms with van der Waals surface area (Å²) in [5, 5.41) is 0.699. The molecular formula is C11H9Cl2NOS. The maximum Gasteiger partial charge on any atom is 0.186 e. The molecule has 0 radical (unpaired) electrons. The number of thioether (sulfide) groups is 1. The maximum absolute atomic E-state index is 10.7. The zero-order chi connectivity index (χ0) is 12.1. The van der Waals surface area contributed by atoms with Gasteiger partial charge in [0.25, 0.3) is 0 Å². The molecule has 0 aliphatic rings. The van der Waals surface area contributed by atoms with Crippen molar-refractivity contribution in [2.45, 2.75) is 6.92 Å². The van der Waals surface area contributed by atoms with Crippen LogP contribution in [-0.2, 0) is 4.79 Å². The third-order valence-corrected chi connectivity index (χ3v) is 3.27. The van der Waals surface area contributed by atoms with Gasteiger partial charge in [0.05, 0.1) is 21.5 Å². The predicted octanol–water partition coefficient (Wildman–Crippen LogP) is 3.21. The molecule has 0 atom stereocenters. The summed E-state index contributed by atoms with van der Waals surface area (Å²) >= 11 is 13.0. The van der Waals surface area contributed by atoms with Crippen LogP contribution in [0.25, 0.3) is 0 Å². The van der Waals surface area contributed by atoms with Crippen molar-refractivity contribution >= 4 is 45.8 Å². The summed E-state index contributed by atoms with van der Waals surface area (Å²) in [5.74, 6) is 6.11. The van der Waals surface area contributed by atoms with Crippen LogP contribution >= 0.6 is 35.0 Å². The summed E-state index contributed by atoms with van der Waals surface area (Å²) in [6.45, 7) is 1.50. The molecule has 0 unspecified atom stereocenters. The fourth-order valence-electron chi connectivity index (χ4n) is 0.930. The second kappa shape index (κ2) is 6.05. The van der Waals surface area contributed by atoms with Gasteiger partial charge >= 0.3 is 0 Å². The summed E-state index contributed by atoms with van der Waals surface area (Å²) in [6, 6.07) is 3.35. The van der Waals surface area contributed by atoms with E-state index in [0.717, 1.165) is 11.8 Å². The maximum atomic E-state index is 10.7. The van der Waals surface area contributed by atoms with Crippen molar-refractivity contribution in [2.75, 3.05) is 11.5 Å². The van der Waals surface area contributed by atoms with Crippen molar-refractivity contribution < 1.29 is 4.79 Å². The van der Waals surface area contributed by atoms with Gasteiger partial charge in [0.1, 0.15) is 0 Å². The summed E-state index contributed by atoms with van der Waals surface area (Å²) in [6.07, 6.45) is 0. The fraction of sp³-hybridized carbons (Fsp3) is 0.182. The molecule has 0 aliphatic carbocycles. The first-order valence-electron chi connectivity index (χ1n) is 4.38. The number of anilines is 1. The highest BCUT2D eigenvalue weighted by molar-refractivity contribution is 8.13. The van der Waals surface area contributed by atoms with Crippen LogP contribution in [0.2, 0.25) is 10.0 Å². The van der Waals surface area contributed by atoms with E-state index in [-0.39, 0.29) is 5.12 Å². The van der Waals surface area contributed by atoms with E-state index in [1.807, 2.05) is 0 Å². The predicted molar refractivity (Wildman–Crippen MR) is 70.9 cm³/mol. The van der Waals surface area contributed by atoms with Crippen LogP contribution in [0, 0.1) is 11.8 Å². The van der Waals surface area contributed by atoms with Crippen molar-refractivity contribution in [2.24, 2.45) is 0 Å². The molecule has 16 heavy (non-hydrogen) atoms. The minimum absolute atomic E-state index is 0.0377. The van der Waals surface area contributed by atoms with Crippen molar-refractivity contribution in [3.05, 3.63) is 27.7 Å². The Balaban J connectivity index is 2.82. The van der Waals surface area contributed by atoms with Crippen molar-refractivity contribution in [3.8, 4) is 11.8 Å². The molecule has 0 amide bonds. The Kier molecular flexibility index (Phi) is 5.01. The zero-order valence-corrected chi connectivity index (χ0v) is 10.8. The number of hydrogen-bond donors (Lipinski definition) is 1. The molecule has 84 valence electrons. The number of halogens is 2. The topological polar surface area (TPSA) is 43.1 Å². The highest BCUT2D eigenvalue weighted by Gasteiger charge is 2.05. The molecule has 0 heterocycles. The van der Waals surface area contributed by atoms with E-state index in [9.17, 15) is 4.79 Å². The second-order valence-corrected chi connectivity index (χ2v) is 4.82. The highest BCUT2D eigenvalue weighted by Crippen LogP contribution is 2.30. The molecule has 2 N–H and O–H groups in total. The average molecular weight is 274 g/mol. The van der Waals surface area contributed by atoms with Gasteiger partial charge in [0.15, 0.2) is 5.12 Å². The normalized spacial score (nSPS) is 9.44. The molecule has 0 spiro atoms. The molecule has 5 heteroatoms. The summed E-state index contributed by atoms with van der Waals surface area (Å²) < 4.78 is 0. The van der Waals surface area contributed by atoms with E-state index < -0.39 is 0 Å². The highest BCUT2D eigenvalue weighted by atomic mass is 35.5. The van der Waals surface area contributed by atoms with Gasteiger partial charge in [-0.25, -0.2) is 0 Å². The van der Waals surface area contributed by atoms with Gasteiger partial charge < -0.3 is 5.73 Å². The van der Waals surface area contributed by atoms with Crippen molar-refractivity contribution in [3.63, 3.8) is 0 Å². The number of carbonyl (C=O) groups excluding carboxylic acids is 1. The third-order valence-electron chi connectivity index (χ3n) is 1.68. The van der Waals surface area contributed by atoms with E-state index in [2.05, 4.69) is 11.8 Å². The first kappa shape index (κ1) is 13.2. The lowest BCUT2D eigenvalue weighted by Crippen LogP contribution is -1.89. The van der Waals surface area contributed by atoms with E-state index in [4.69, 9.17) is 28.9 Å². The molecule has 0 fully saturated rings. The van der Waals surface area contributed by atoms with Crippen molar-refractivity contribution in [1.29, 1.82) is 0 Å². The van der Waals surface area contributed by atoms with Crippen molar-refractivity contribution in [1.82, 2.24) is 0 Å². The van der Waals surface area contributed by atoms with Crippen LogP contribution in [0.5, 0.6) is 0 Å². The monoisotopic (exact) mass is 273 g/mol. The van der Waals surface area contributed by atoms with Gasteiger partial charge in [0, 0.05) is 12.5 Å². The van der Waals surface area contributed by atoms with Crippen LogP contribution < -0.4 is 5.73 Å². The van der Waals surface area contributed by atoms with Crippen LogP contribution in [-0.4, -0.2) is 10.9 Å². The summed E-state index contributed by atoms with van der Waals surface area (Å²) in [4.78, 5) is 10.7. The number of hydrogen-bond acceptors (Lipinski definition) is 3. The zero-order valence-electron chi connectivity index (χ0n) is 8.51. The van der Waals surface area contributed by atoms with Gasteiger partial charge in [-0.3, -0.25) is 4.79 Å². The number of nitrogens with two attached hydrogens (primary N) is 1. The van der Waals surface area contributed by atoms with Gasteiger partial charge in [-0.05, 0) is 12.1 Å². The first-order valence-corrected chi connectivity index (χ1v) is 6.12. The summed E-state index contributed by atoms with van der Waals surface area (Å²) in [7, 11) is 0. The van der Waals surface area contributed by atoms with E-state index >= 15 is 0 Å². The average Bonchev–Trinajstić information content (AvgIpc) is 2.23. The molecule has 1 aromatic rings. The van der Waals surface area contributed by atoms with Gasteiger partial charge in [-0.2, -0.15) is 0 Å². The van der Waals surface area contributed by atoms with Crippen LogP contribution in [0.3, 0.4) is 0 Å². The number of benzene rings is 1. The fourth-order valence-corrected chi connectivity index (χ4v) is 1.66. The Hall–Kier alpha value is -0.820. The molecule has 0 saturated heterocycles. The molecule has 0 aromatic heterocycles. The Bertz CT molecular complexity index is 477. The lowest BCUT2D eigenvalue weighted by molar-refractivity contribution is -0.109. The summed E-state index contributed by atoms with van der Waals surface area (Å²) in [5.41, 5.74) is 6.61. The molecule has 2 nitrogen and oxygen atoms in total. The van der Waals surface area contributed by atoms with Crippen LogP contribution in [0.1, 0.15) is 12.5 Å². The largest absolute Gasteiger partial charge is 0.397 e. The number of carbonyl (C=O) groups is 1. The lowest BCUT2D eigenvalue weighted by atomic mass is 10.2. The Labute approximate surface area is 108 Å². The van der Waals surface area contributed by atoms with Gasteiger partial charge in [0.2, 0.25) is 0 Å². The Morgan fingerprint density at radius 3 is 2.75 bits per heavy atom. The molecule has 0 aliphatic heterocycles. The molecule has 0 bridgehead atoms. The quantitative estimate of drug-likeness (QED) is 0.631. The van der Waals surface area contributed by atoms with Gasteiger partial charge in [-0.1, -0.05) is 46.8 Å². The van der Waals surface area contributed by atoms with Crippen LogP contribution in [0.4, 0.5) is 5.69 Å². The number of rotatable bonds is 1. The molecular weight excluding hydrogens is 265 g/mol. The van der Waals surface area contributed by atoms with Crippen LogP contribution in [0.15, 0.2) is 12.1 Å². The first-order chi connectivity index (χ1) is 7.52. The van der Waals surface area contributed by atoms with E-state index in [0.29, 0.717) is 27.0 Å². The minimum atomic E-state index is 0.0377. The Morgan fingerprint density at radius 2 is 2.12 bits per heavy atom. The molecule has 0 saturated carbocycles. The molecule has 1 aromatic carbocycles. The van der Waals surface area contributed by atoms with Gasteiger partial charge in [-0.15, -0.1) is 0 Å². The second-order valence-electron chi connectivity index (χ2n) is 2.91. The molecule has 1 rings (SSSR count). The third kappa shape index (κ3) is 3.64. The number of nitrogen functional groups attached to an aromatic ring is 1. The Morgan fingerprint density at radius 1 is 1.44 bits per heavy atom. The van der Waals surface area contributed by atoms with E-state index in [1.165, 1.54) is 6.92 Å². The lowest BCUT2D eigenvalue weighted by Gasteiger charge is -2.01. The smallest absolute Gasteiger partial charge is 0.186 e. The SMILES string of the molecule is CC(=O)SCC#Cc1ccc(N)c(Cl)c1Cl.